The van der Waals surface area contributed by atoms with Crippen LogP contribution in [0.15, 0.2) is 24.3 Å². The van der Waals surface area contributed by atoms with Gasteiger partial charge < -0.3 is 10.2 Å². The number of fused-ring (bicyclic) bond motifs is 1. The minimum atomic E-state index is 0.770. The number of rotatable bonds is 5. The normalized spacial score (nSPS) is 14.8. The van der Waals surface area contributed by atoms with Crippen LogP contribution in [-0.4, -0.2) is 48.4 Å². The zero-order chi connectivity index (χ0) is 16.2. The molecule has 0 unspecified atom stereocenters. The summed E-state index contributed by atoms with van der Waals surface area (Å²) in [6, 6.07) is 8.05. The molecule has 124 valence electrons. The van der Waals surface area contributed by atoms with E-state index in [1.807, 2.05) is 12.1 Å². The molecule has 0 spiro atoms. The van der Waals surface area contributed by atoms with Crippen molar-refractivity contribution in [1.82, 2.24) is 20.0 Å². The lowest BCUT2D eigenvalue weighted by atomic mass is 10.0. The minimum Gasteiger partial charge on any atom is -0.316 e. The van der Waals surface area contributed by atoms with Gasteiger partial charge in [-0.2, -0.15) is 5.10 Å². The molecule has 2 aromatic rings. The van der Waals surface area contributed by atoms with Crippen molar-refractivity contribution in [2.75, 3.05) is 33.7 Å². The number of hydrogen-bond donors (Lipinski definition) is 1. The van der Waals surface area contributed by atoms with E-state index >= 15 is 0 Å². The molecule has 1 aliphatic rings. The Labute approximate surface area is 143 Å². The highest BCUT2D eigenvalue weighted by Crippen LogP contribution is 2.28. The van der Waals surface area contributed by atoms with Crippen molar-refractivity contribution in [3.63, 3.8) is 0 Å². The lowest BCUT2D eigenvalue weighted by molar-refractivity contribution is 0.378. The van der Waals surface area contributed by atoms with E-state index in [-0.39, 0.29) is 0 Å². The number of benzene rings is 1. The van der Waals surface area contributed by atoms with E-state index in [2.05, 4.69) is 41.1 Å². The molecule has 3 rings (SSSR count). The largest absolute Gasteiger partial charge is 0.316 e. The predicted molar refractivity (Wildman–Crippen MR) is 96.1 cm³/mol. The van der Waals surface area contributed by atoms with Gasteiger partial charge in [0.25, 0.3) is 0 Å². The van der Waals surface area contributed by atoms with Gasteiger partial charge >= 0.3 is 0 Å². The summed E-state index contributed by atoms with van der Waals surface area (Å²) >= 11 is 6.03. The predicted octanol–water partition coefficient (Wildman–Crippen LogP) is 2.84. The second kappa shape index (κ2) is 7.47. The molecular weight excluding hydrogens is 308 g/mol. The van der Waals surface area contributed by atoms with Crippen LogP contribution in [0.5, 0.6) is 0 Å². The van der Waals surface area contributed by atoms with E-state index in [9.17, 15) is 0 Å². The van der Waals surface area contributed by atoms with Crippen LogP contribution in [0, 0.1) is 0 Å². The Hall–Kier alpha value is -1.36. The molecule has 0 bridgehead atoms. The van der Waals surface area contributed by atoms with Crippen molar-refractivity contribution in [1.29, 1.82) is 0 Å². The highest BCUT2D eigenvalue weighted by molar-refractivity contribution is 6.30. The Kier molecular flexibility index (Phi) is 5.36. The van der Waals surface area contributed by atoms with Gasteiger partial charge in [0.1, 0.15) is 0 Å². The Bertz CT molecular complexity index is 646. The van der Waals surface area contributed by atoms with E-state index < -0.39 is 0 Å². The summed E-state index contributed by atoms with van der Waals surface area (Å²) in [4.78, 5) is 2.23. The van der Waals surface area contributed by atoms with Crippen molar-refractivity contribution in [3.8, 4) is 11.3 Å². The van der Waals surface area contributed by atoms with Crippen molar-refractivity contribution >= 4 is 11.6 Å². The van der Waals surface area contributed by atoms with E-state index in [4.69, 9.17) is 16.7 Å². The van der Waals surface area contributed by atoms with E-state index in [0.29, 0.717) is 0 Å². The van der Waals surface area contributed by atoms with Gasteiger partial charge in [-0.05, 0) is 52.2 Å². The minimum absolute atomic E-state index is 0.770. The molecule has 0 radical (unpaired) electrons. The van der Waals surface area contributed by atoms with Gasteiger partial charge in [0.2, 0.25) is 0 Å². The molecule has 2 heterocycles. The fourth-order valence-corrected chi connectivity index (χ4v) is 3.31. The summed E-state index contributed by atoms with van der Waals surface area (Å²) in [7, 11) is 4.24. The quantitative estimate of drug-likeness (QED) is 0.914. The van der Waals surface area contributed by atoms with Crippen LogP contribution in [0.2, 0.25) is 5.02 Å². The summed E-state index contributed by atoms with van der Waals surface area (Å²) in [6.07, 6.45) is 3.22. The molecule has 5 heteroatoms. The summed E-state index contributed by atoms with van der Waals surface area (Å²) in [5.74, 6) is 0. The molecule has 23 heavy (non-hydrogen) atoms. The average molecular weight is 333 g/mol. The molecule has 0 aliphatic carbocycles. The smallest absolute Gasteiger partial charge is 0.0958 e. The lowest BCUT2D eigenvalue weighted by Gasteiger charge is -2.11. The van der Waals surface area contributed by atoms with Crippen molar-refractivity contribution < 1.29 is 0 Å². The van der Waals surface area contributed by atoms with Crippen molar-refractivity contribution in [3.05, 3.63) is 40.5 Å². The highest BCUT2D eigenvalue weighted by Gasteiger charge is 2.20. The first-order valence-corrected chi connectivity index (χ1v) is 8.73. The maximum absolute atomic E-state index is 6.03. The molecule has 0 fully saturated rings. The summed E-state index contributed by atoms with van der Waals surface area (Å²) in [5.41, 5.74) is 5.10. The Morgan fingerprint density at radius 3 is 2.65 bits per heavy atom. The monoisotopic (exact) mass is 332 g/mol. The Morgan fingerprint density at radius 2 is 1.91 bits per heavy atom. The standard InChI is InChI=1S/C18H25ClN4/c1-22(2)12-3-13-23-17-9-11-20-10-8-16(17)18(21-23)14-4-6-15(19)7-5-14/h4-7,20H,3,8-13H2,1-2H3. The SMILES string of the molecule is CN(C)CCCn1nc(-c2ccc(Cl)cc2)c2c1CCNCC2. The number of nitrogens with zero attached hydrogens (tertiary/aromatic N) is 3. The molecule has 1 aromatic carbocycles. The van der Waals surface area contributed by atoms with Crippen LogP contribution >= 0.6 is 11.6 Å². The fraction of sp³-hybridized carbons (Fsp3) is 0.500. The second-order valence-electron chi connectivity index (χ2n) is 6.41. The Morgan fingerprint density at radius 1 is 1.17 bits per heavy atom. The third-order valence-electron chi connectivity index (χ3n) is 4.35. The molecule has 0 amide bonds. The molecule has 0 saturated heterocycles. The maximum Gasteiger partial charge on any atom is 0.0958 e. The van der Waals surface area contributed by atoms with Gasteiger partial charge in [-0.3, -0.25) is 4.68 Å². The molecule has 0 saturated carbocycles. The highest BCUT2D eigenvalue weighted by atomic mass is 35.5. The fourth-order valence-electron chi connectivity index (χ4n) is 3.18. The van der Waals surface area contributed by atoms with Crippen LogP contribution in [0.1, 0.15) is 17.7 Å². The number of aryl methyl sites for hydroxylation is 1. The van der Waals surface area contributed by atoms with Crippen LogP contribution in [0.4, 0.5) is 0 Å². The first kappa shape index (κ1) is 16.5. The molecule has 1 N–H and O–H groups in total. The summed E-state index contributed by atoms with van der Waals surface area (Å²) in [6.45, 7) is 4.13. The van der Waals surface area contributed by atoms with E-state index in [0.717, 1.165) is 56.2 Å². The molecule has 0 atom stereocenters. The van der Waals surface area contributed by atoms with E-state index in [1.165, 1.54) is 16.8 Å². The van der Waals surface area contributed by atoms with Crippen LogP contribution in [-0.2, 0) is 19.4 Å². The van der Waals surface area contributed by atoms with Gasteiger partial charge in [-0.15, -0.1) is 0 Å². The third-order valence-corrected chi connectivity index (χ3v) is 4.60. The average Bonchev–Trinajstić information content (AvgIpc) is 2.71. The van der Waals surface area contributed by atoms with Crippen LogP contribution < -0.4 is 5.32 Å². The van der Waals surface area contributed by atoms with Crippen molar-refractivity contribution in [2.24, 2.45) is 0 Å². The van der Waals surface area contributed by atoms with Gasteiger partial charge in [0.05, 0.1) is 5.69 Å². The number of aromatic nitrogens is 2. The topological polar surface area (TPSA) is 33.1 Å². The molecule has 1 aromatic heterocycles. The zero-order valence-corrected chi connectivity index (χ0v) is 14.7. The number of halogens is 1. The third kappa shape index (κ3) is 3.94. The van der Waals surface area contributed by atoms with Crippen molar-refractivity contribution in [2.45, 2.75) is 25.8 Å². The molecule has 4 nitrogen and oxygen atoms in total. The van der Waals surface area contributed by atoms with Gasteiger partial charge in [0.15, 0.2) is 0 Å². The Balaban J connectivity index is 1.92. The zero-order valence-electron chi connectivity index (χ0n) is 14.0. The van der Waals surface area contributed by atoms with Gasteiger partial charge in [0, 0.05) is 41.4 Å². The summed E-state index contributed by atoms with van der Waals surface area (Å²) < 4.78 is 2.23. The maximum atomic E-state index is 6.03. The van der Waals surface area contributed by atoms with Crippen LogP contribution in [0.25, 0.3) is 11.3 Å². The first-order chi connectivity index (χ1) is 11.1. The molecular formula is C18H25ClN4. The number of nitrogens with one attached hydrogen (secondary N) is 1. The van der Waals surface area contributed by atoms with Gasteiger partial charge in [-0.25, -0.2) is 0 Å². The molecule has 1 aliphatic heterocycles. The summed E-state index contributed by atoms with van der Waals surface area (Å²) in [5, 5.41) is 9.23. The second-order valence-corrected chi connectivity index (χ2v) is 6.85. The van der Waals surface area contributed by atoms with E-state index in [1.54, 1.807) is 0 Å². The van der Waals surface area contributed by atoms with Crippen LogP contribution in [0.3, 0.4) is 0 Å². The number of hydrogen-bond acceptors (Lipinski definition) is 3. The lowest BCUT2D eigenvalue weighted by Crippen LogP contribution is -2.19. The van der Waals surface area contributed by atoms with Gasteiger partial charge in [-0.1, -0.05) is 23.7 Å². The first-order valence-electron chi connectivity index (χ1n) is 8.35.